The van der Waals surface area contributed by atoms with Gasteiger partial charge in [-0.05, 0) is 83.8 Å². The molecule has 1 aromatic heterocycles. The van der Waals surface area contributed by atoms with Crippen LogP contribution in [0, 0.1) is 23.3 Å². The summed E-state index contributed by atoms with van der Waals surface area (Å²) < 4.78 is 2.98. The van der Waals surface area contributed by atoms with Crippen molar-refractivity contribution in [2.24, 2.45) is 5.92 Å². The highest BCUT2D eigenvalue weighted by atomic mass is 127. The van der Waals surface area contributed by atoms with E-state index in [1.807, 2.05) is 44.4 Å². The Morgan fingerprint density at radius 3 is 2.43 bits per heavy atom. The third kappa shape index (κ3) is 7.49. The maximum absolute atomic E-state index is 13.0. The third-order valence-corrected chi connectivity index (χ3v) is 7.70. The Morgan fingerprint density at radius 1 is 1.16 bits per heavy atom. The van der Waals surface area contributed by atoms with E-state index in [0.29, 0.717) is 28.1 Å². The topological polar surface area (TPSA) is 88.9 Å². The molecule has 0 aliphatic carbocycles. The highest BCUT2D eigenvalue weighted by Gasteiger charge is 2.27. The second kappa shape index (κ2) is 13.1. The van der Waals surface area contributed by atoms with E-state index < -0.39 is 6.04 Å². The number of halogens is 3. The third-order valence-electron chi connectivity index (χ3n) is 5.56. The van der Waals surface area contributed by atoms with Crippen LogP contribution >= 0.6 is 57.6 Å². The zero-order chi connectivity index (χ0) is 27.3. The molecule has 0 aliphatic rings. The van der Waals surface area contributed by atoms with Crippen LogP contribution in [0.5, 0.6) is 0 Å². The largest absolute Gasteiger partial charge is 0.342 e. The van der Waals surface area contributed by atoms with Crippen LogP contribution in [-0.2, 0) is 11.3 Å². The van der Waals surface area contributed by atoms with Gasteiger partial charge in [0.25, 0.3) is 5.91 Å². The number of aromatic nitrogens is 3. The maximum atomic E-state index is 13.0. The number of anilines is 1. The molecule has 2 amide bonds. The molecule has 7 nitrogen and oxygen atoms in total. The molecular weight excluding hydrogens is 644 g/mol. The van der Waals surface area contributed by atoms with Gasteiger partial charge >= 0.3 is 0 Å². The van der Waals surface area contributed by atoms with Gasteiger partial charge in [-0.3, -0.25) is 9.59 Å². The molecule has 2 N–H and O–H groups in total. The van der Waals surface area contributed by atoms with Crippen LogP contribution in [0.15, 0.2) is 48.1 Å². The zero-order valence-corrected chi connectivity index (χ0v) is 25.4. The summed E-state index contributed by atoms with van der Waals surface area (Å²) in [5, 5.41) is 16.0. The van der Waals surface area contributed by atoms with Gasteiger partial charge in [0.2, 0.25) is 5.91 Å². The Morgan fingerprint density at radius 2 is 1.84 bits per heavy atom. The fourth-order valence-corrected chi connectivity index (χ4v) is 5.96. The number of rotatable bonds is 10. The summed E-state index contributed by atoms with van der Waals surface area (Å²) in [6.45, 7) is 12.2. The van der Waals surface area contributed by atoms with Crippen LogP contribution in [0.2, 0.25) is 10.0 Å². The van der Waals surface area contributed by atoms with Crippen LogP contribution < -0.4 is 10.6 Å². The van der Waals surface area contributed by atoms with Crippen molar-refractivity contribution in [3.8, 4) is 0 Å². The molecule has 0 radical (unpaired) electrons. The predicted octanol–water partition coefficient (Wildman–Crippen LogP) is 6.85. The van der Waals surface area contributed by atoms with Crippen molar-refractivity contribution < 1.29 is 9.59 Å². The van der Waals surface area contributed by atoms with E-state index in [9.17, 15) is 9.59 Å². The molecule has 0 unspecified atom stereocenters. The monoisotopic (exact) mass is 671 g/mol. The molecular formula is C26H28Cl2IN5O2S. The molecule has 196 valence electrons. The van der Waals surface area contributed by atoms with Gasteiger partial charge in [-0.25, -0.2) is 0 Å². The van der Waals surface area contributed by atoms with E-state index in [-0.39, 0.29) is 28.5 Å². The van der Waals surface area contributed by atoms with Gasteiger partial charge in [-0.15, -0.1) is 16.8 Å². The van der Waals surface area contributed by atoms with Gasteiger partial charge in [0, 0.05) is 20.8 Å². The highest BCUT2D eigenvalue weighted by Crippen LogP contribution is 2.28. The number of nitrogens with zero attached hydrogens (tertiary/aromatic N) is 3. The van der Waals surface area contributed by atoms with Crippen molar-refractivity contribution in [3.63, 3.8) is 0 Å². The fourth-order valence-electron chi connectivity index (χ4n) is 3.77. The quantitative estimate of drug-likeness (QED) is 0.140. The number of nitrogens with one attached hydrogen (secondary N) is 2. The number of aryl methyl sites for hydroxylation is 2. The lowest BCUT2D eigenvalue weighted by Gasteiger charge is -2.23. The van der Waals surface area contributed by atoms with E-state index in [4.69, 9.17) is 23.2 Å². The van der Waals surface area contributed by atoms with Gasteiger partial charge in [0.1, 0.15) is 0 Å². The Kier molecular flexibility index (Phi) is 10.5. The number of allylic oxidation sites excluding steroid dienone is 1. The first-order chi connectivity index (χ1) is 17.5. The first-order valence-electron chi connectivity index (χ1n) is 11.5. The number of amides is 2. The molecule has 0 saturated heterocycles. The van der Waals surface area contributed by atoms with Crippen molar-refractivity contribution in [1.29, 1.82) is 0 Å². The number of benzene rings is 2. The SMILES string of the molecule is C=CCn1c(SCC(=O)Nc2c(C)cc(I)cc2C)nnc1[C@@H](NC(=O)c1ccc(Cl)cc1Cl)C(C)C. The van der Waals surface area contributed by atoms with Crippen molar-refractivity contribution in [2.45, 2.75) is 45.4 Å². The number of hydrogen-bond acceptors (Lipinski definition) is 5. The average Bonchev–Trinajstić information content (AvgIpc) is 3.20. The smallest absolute Gasteiger partial charge is 0.253 e. The first kappa shape index (κ1) is 29.5. The molecule has 0 bridgehead atoms. The van der Waals surface area contributed by atoms with Crippen LogP contribution in [0.1, 0.15) is 47.2 Å². The summed E-state index contributed by atoms with van der Waals surface area (Å²) in [6, 6.07) is 8.34. The molecule has 0 fully saturated rings. The summed E-state index contributed by atoms with van der Waals surface area (Å²) in [7, 11) is 0. The maximum Gasteiger partial charge on any atom is 0.253 e. The van der Waals surface area contributed by atoms with Gasteiger partial charge in [0.05, 0.1) is 22.4 Å². The molecule has 11 heteroatoms. The van der Waals surface area contributed by atoms with Crippen molar-refractivity contribution >= 4 is 75.1 Å². The molecule has 0 saturated carbocycles. The lowest BCUT2D eigenvalue weighted by Crippen LogP contribution is -2.34. The lowest BCUT2D eigenvalue weighted by atomic mass is 10.0. The Balaban J connectivity index is 1.78. The van der Waals surface area contributed by atoms with E-state index in [2.05, 4.69) is 50.0 Å². The second-order valence-corrected chi connectivity index (χ2v) is 11.8. The van der Waals surface area contributed by atoms with Crippen molar-refractivity contribution in [2.75, 3.05) is 11.1 Å². The Labute approximate surface area is 244 Å². The molecule has 1 atom stereocenters. The molecule has 0 spiro atoms. The molecule has 3 aromatic rings. The Bertz CT molecular complexity index is 1310. The van der Waals surface area contributed by atoms with E-state index in [0.717, 1.165) is 20.4 Å². The minimum absolute atomic E-state index is 0.00392. The standard InChI is InChI=1S/C26H28Cl2IN5O2S/c1-6-9-34-24(22(14(2)3)31-25(36)19-8-7-17(27)12-20(19)28)32-33-26(34)37-13-21(35)30-23-15(4)10-18(29)11-16(23)5/h6-8,10-12,14,22H,1,9,13H2,2-5H3,(H,30,35)(H,31,36)/t22-/m0/s1. The summed E-state index contributed by atoms with van der Waals surface area (Å²) in [4.78, 5) is 25.8. The normalized spacial score (nSPS) is 11.9. The van der Waals surface area contributed by atoms with Gasteiger partial charge in [0.15, 0.2) is 11.0 Å². The van der Waals surface area contributed by atoms with Crippen molar-refractivity contribution in [1.82, 2.24) is 20.1 Å². The molecule has 37 heavy (non-hydrogen) atoms. The van der Waals surface area contributed by atoms with Crippen LogP contribution in [0.4, 0.5) is 5.69 Å². The number of thioether (sulfide) groups is 1. The van der Waals surface area contributed by atoms with E-state index >= 15 is 0 Å². The number of carbonyl (C=O) groups excluding carboxylic acids is 2. The predicted molar refractivity (Wildman–Crippen MR) is 160 cm³/mol. The lowest BCUT2D eigenvalue weighted by molar-refractivity contribution is -0.113. The average molecular weight is 672 g/mol. The Hall–Kier alpha value is -2.08. The van der Waals surface area contributed by atoms with Gasteiger partial charge in [-0.1, -0.05) is 54.9 Å². The van der Waals surface area contributed by atoms with Crippen LogP contribution in [0.25, 0.3) is 0 Å². The zero-order valence-electron chi connectivity index (χ0n) is 20.9. The van der Waals surface area contributed by atoms with E-state index in [1.54, 1.807) is 18.2 Å². The second-order valence-electron chi connectivity index (χ2n) is 8.81. The highest BCUT2D eigenvalue weighted by molar-refractivity contribution is 14.1. The van der Waals surface area contributed by atoms with Crippen LogP contribution in [0.3, 0.4) is 0 Å². The molecule has 0 aliphatic heterocycles. The molecule has 3 rings (SSSR count). The minimum atomic E-state index is -0.452. The summed E-state index contributed by atoms with van der Waals surface area (Å²) in [5.41, 5.74) is 3.16. The molecule has 1 heterocycles. The first-order valence-corrected chi connectivity index (χ1v) is 14.3. The summed E-state index contributed by atoms with van der Waals surface area (Å²) in [6.07, 6.45) is 1.73. The van der Waals surface area contributed by atoms with Crippen molar-refractivity contribution in [3.05, 3.63) is 79.1 Å². The summed E-state index contributed by atoms with van der Waals surface area (Å²) in [5.74, 6) is 0.235. The fraction of sp³-hybridized carbons (Fsp3) is 0.308. The summed E-state index contributed by atoms with van der Waals surface area (Å²) >= 11 is 15.8. The minimum Gasteiger partial charge on any atom is -0.342 e. The van der Waals surface area contributed by atoms with Crippen LogP contribution in [-0.4, -0.2) is 32.3 Å². The van der Waals surface area contributed by atoms with Gasteiger partial charge in [-0.2, -0.15) is 0 Å². The number of hydrogen-bond donors (Lipinski definition) is 2. The van der Waals surface area contributed by atoms with E-state index in [1.165, 1.54) is 17.8 Å². The number of carbonyl (C=O) groups is 2. The van der Waals surface area contributed by atoms with Gasteiger partial charge < -0.3 is 15.2 Å². The molecule has 2 aromatic carbocycles.